The first-order valence-corrected chi connectivity index (χ1v) is 19.8. The van der Waals surface area contributed by atoms with Gasteiger partial charge < -0.3 is 0 Å². The van der Waals surface area contributed by atoms with Gasteiger partial charge in [0, 0.05) is 0 Å². The molecule has 0 saturated carbocycles. The molecule has 4 nitrogen and oxygen atoms in total. The number of imidazole rings is 1. The SMILES string of the molecule is CCC[CH2][Sn]([CH2]CCC)([CH2]CCC)[c]1cn2cnc(C(=O)c3ccc(C)nc3)c2s1. The first-order valence-electron chi connectivity index (χ1n) is 11.5. The zero-order valence-electron chi connectivity index (χ0n) is 18.9. The maximum atomic E-state index is 13.1. The Morgan fingerprint density at radius 3 is 2.17 bits per heavy atom. The van der Waals surface area contributed by atoms with Crippen molar-refractivity contribution in [2.45, 2.75) is 79.5 Å². The van der Waals surface area contributed by atoms with E-state index in [9.17, 15) is 4.79 Å². The van der Waals surface area contributed by atoms with Crippen LogP contribution in [0.4, 0.5) is 0 Å². The molecule has 0 radical (unpaired) electrons. The van der Waals surface area contributed by atoms with Crippen LogP contribution in [0.5, 0.6) is 0 Å². The molecule has 3 rings (SSSR count). The van der Waals surface area contributed by atoms with E-state index in [2.05, 4.69) is 41.3 Å². The average molecular weight is 532 g/mol. The van der Waals surface area contributed by atoms with Gasteiger partial charge in [-0.25, -0.2) is 0 Å². The minimum atomic E-state index is -2.50. The Kier molecular flexibility index (Phi) is 8.51. The van der Waals surface area contributed by atoms with Crippen molar-refractivity contribution in [2.75, 3.05) is 0 Å². The van der Waals surface area contributed by atoms with Crippen LogP contribution in [0, 0.1) is 6.92 Å². The van der Waals surface area contributed by atoms with Gasteiger partial charge in [0.05, 0.1) is 0 Å². The molecule has 0 saturated heterocycles. The van der Waals surface area contributed by atoms with Crippen LogP contribution in [0.2, 0.25) is 13.3 Å². The molecule has 3 heterocycles. The number of carbonyl (C=O) groups is 1. The average Bonchev–Trinajstić information content (AvgIpc) is 3.35. The number of ketones is 1. The summed E-state index contributed by atoms with van der Waals surface area (Å²) < 4.78 is 8.06. The van der Waals surface area contributed by atoms with E-state index in [0.717, 1.165) is 10.5 Å². The maximum absolute atomic E-state index is 13.1. The number of hydrogen-bond acceptors (Lipinski definition) is 4. The summed E-state index contributed by atoms with van der Waals surface area (Å²) >= 11 is -0.633. The van der Waals surface area contributed by atoms with Crippen molar-refractivity contribution in [1.82, 2.24) is 14.4 Å². The monoisotopic (exact) mass is 533 g/mol. The van der Waals surface area contributed by atoms with Gasteiger partial charge in [0.1, 0.15) is 0 Å². The molecule has 30 heavy (non-hydrogen) atoms. The zero-order chi connectivity index (χ0) is 21.6. The fraction of sp³-hybridized carbons (Fsp3) is 0.542. The molecule has 0 N–H and O–H groups in total. The van der Waals surface area contributed by atoms with Crippen LogP contribution < -0.4 is 2.89 Å². The number of pyridine rings is 1. The molecular formula is C24H35N3OSSn. The van der Waals surface area contributed by atoms with Gasteiger partial charge in [0.25, 0.3) is 0 Å². The number of rotatable bonds is 12. The summed E-state index contributed by atoms with van der Waals surface area (Å²) in [6.07, 6.45) is 13.7. The molecule has 162 valence electrons. The van der Waals surface area contributed by atoms with E-state index >= 15 is 0 Å². The summed E-state index contributed by atoms with van der Waals surface area (Å²) in [6, 6.07) is 3.75. The van der Waals surface area contributed by atoms with E-state index in [1.165, 1.54) is 51.8 Å². The first kappa shape index (κ1) is 23.5. The second kappa shape index (κ2) is 10.9. The molecule has 6 heteroatoms. The number of aromatic nitrogens is 3. The molecule has 0 aromatic carbocycles. The van der Waals surface area contributed by atoms with Crippen LogP contribution in [-0.2, 0) is 0 Å². The van der Waals surface area contributed by atoms with Gasteiger partial charge in [0.15, 0.2) is 0 Å². The van der Waals surface area contributed by atoms with Crippen LogP contribution in [-0.4, -0.2) is 38.5 Å². The van der Waals surface area contributed by atoms with Gasteiger partial charge >= 0.3 is 190 Å². The molecule has 0 aliphatic carbocycles. The summed E-state index contributed by atoms with van der Waals surface area (Å²) in [4.78, 5) is 22.9. The Balaban J connectivity index is 2.00. The fourth-order valence-corrected chi connectivity index (χ4v) is 24.3. The number of aryl methyl sites for hydroxylation is 1. The number of thiazole rings is 1. The molecule has 0 atom stereocenters. The molecule has 0 aliphatic heterocycles. The molecule has 0 fully saturated rings. The molecule has 0 spiro atoms. The van der Waals surface area contributed by atoms with Gasteiger partial charge in [-0.3, -0.25) is 0 Å². The second-order valence-electron chi connectivity index (χ2n) is 8.51. The quantitative estimate of drug-likeness (QED) is 0.201. The third-order valence-corrected chi connectivity index (χ3v) is 25.4. The van der Waals surface area contributed by atoms with Gasteiger partial charge in [-0.15, -0.1) is 0 Å². The summed E-state index contributed by atoms with van der Waals surface area (Å²) in [7, 11) is 0. The van der Waals surface area contributed by atoms with Crippen molar-refractivity contribution in [3.05, 3.63) is 47.8 Å². The van der Waals surface area contributed by atoms with Crippen LogP contribution in [0.15, 0.2) is 30.9 Å². The van der Waals surface area contributed by atoms with Crippen LogP contribution in [0.1, 0.15) is 81.0 Å². The summed E-state index contributed by atoms with van der Waals surface area (Å²) in [6.45, 7) is 8.87. The number of fused-ring (bicyclic) bond motifs is 1. The number of hydrogen-bond donors (Lipinski definition) is 0. The fourth-order valence-electron chi connectivity index (χ4n) is 4.23. The van der Waals surface area contributed by atoms with Crippen LogP contribution in [0.3, 0.4) is 0 Å². The van der Waals surface area contributed by atoms with Crippen molar-refractivity contribution in [2.24, 2.45) is 0 Å². The standard InChI is InChI=1S/C12H8N3OS.3C4H9.Sn/c1-8-2-3-9(6-13-8)11(16)10-12-15(7-14-10)4-5-17-12;3*1-3-4-2;/h2-4,6-7H,1H3;3*1,3-4H2,2H3;. The second-order valence-corrected chi connectivity index (χ2v) is 23.7. The third kappa shape index (κ3) is 5.15. The van der Waals surface area contributed by atoms with Crippen LogP contribution in [0.25, 0.3) is 4.83 Å². The van der Waals surface area contributed by atoms with E-state index in [4.69, 9.17) is 0 Å². The predicted molar refractivity (Wildman–Crippen MR) is 130 cm³/mol. The molecule has 3 aromatic heterocycles. The summed E-state index contributed by atoms with van der Waals surface area (Å²) in [5, 5.41) is 0. The van der Waals surface area contributed by atoms with E-state index in [1.807, 2.05) is 36.7 Å². The van der Waals surface area contributed by atoms with E-state index in [0.29, 0.717) is 11.3 Å². The molecule has 0 aliphatic rings. The van der Waals surface area contributed by atoms with E-state index in [-0.39, 0.29) is 5.78 Å². The van der Waals surface area contributed by atoms with Gasteiger partial charge in [0.2, 0.25) is 0 Å². The van der Waals surface area contributed by atoms with E-state index in [1.54, 1.807) is 9.09 Å². The predicted octanol–water partition coefficient (Wildman–Crippen LogP) is 6.39. The van der Waals surface area contributed by atoms with Gasteiger partial charge in [-0.1, -0.05) is 0 Å². The van der Waals surface area contributed by atoms with E-state index < -0.39 is 18.4 Å². The van der Waals surface area contributed by atoms with Crippen molar-refractivity contribution in [3.8, 4) is 0 Å². The minimum absolute atomic E-state index is 0.0186. The van der Waals surface area contributed by atoms with Crippen LogP contribution >= 0.6 is 11.3 Å². The Labute approximate surface area is 189 Å². The summed E-state index contributed by atoms with van der Waals surface area (Å²) in [5.74, 6) is -0.0186. The molecule has 0 amide bonds. The Bertz CT molecular complexity index is 939. The van der Waals surface area contributed by atoms with Gasteiger partial charge in [-0.2, -0.15) is 0 Å². The molecule has 0 unspecified atom stereocenters. The Hall–Kier alpha value is -1.21. The van der Waals surface area contributed by atoms with Crippen molar-refractivity contribution < 1.29 is 4.79 Å². The molecule has 0 bridgehead atoms. The van der Waals surface area contributed by atoms with Crippen molar-refractivity contribution in [1.29, 1.82) is 0 Å². The zero-order valence-corrected chi connectivity index (χ0v) is 22.6. The molecular weight excluding hydrogens is 497 g/mol. The number of nitrogens with zero attached hydrogens (tertiary/aromatic N) is 3. The van der Waals surface area contributed by atoms with Crippen molar-refractivity contribution >= 4 is 43.2 Å². The first-order chi connectivity index (χ1) is 14.5. The third-order valence-electron chi connectivity index (χ3n) is 6.15. The Morgan fingerprint density at radius 1 is 1.00 bits per heavy atom. The number of unbranched alkanes of at least 4 members (excludes halogenated alkanes) is 3. The normalized spacial score (nSPS) is 12.0. The van der Waals surface area contributed by atoms with Gasteiger partial charge in [-0.05, 0) is 0 Å². The molecule has 3 aromatic rings. The number of carbonyl (C=O) groups excluding carboxylic acids is 1. The summed E-state index contributed by atoms with van der Waals surface area (Å²) in [5.41, 5.74) is 2.12. The van der Waals surface area contributed by atoms with Crippen molar-refractivity contribution in [3.63, 3.8) is 0 Å². The topological polar surface area (TPSA) is 47.3 Å². The Morgan fingerprint density at radius 2 is 1.63 bits per heavy atom.